The minimum Gasteiger partial charge on any atom is -0.493 e. The summed E-state index contributed by atoms with van der Waals surface area (Å²) in [4.78, 5) is 0. The quantitative estimate of drug-likeness (QED) is 0.550. The van der Waals surface area contributed by atoms with Gasteiger partial charge in [-0.3, -0.25) is 0 Å². The Kier molecular flexibility index (Phi) is 7.34. The molecule has 0 spiro atoms. The van der Waals surface area contributed by atoms with Crippen molar-refractivity contribution >= 4 is 0 Å². The Balaban J connectivity index is 1.35. The average molecular weight is 362 g/mol. The van der Waals surface area contributed by atoms with Crippen LogP contribution in [0.3, 0.4) is 0 Å². The topological polar surface area (TPSA) is 33.0 Å². The number of hydrogen-bond acceptors (Lipinski definition) is 2. The molecule has 2 aromatic carbocycles. The summed E-state index contributed by atoms with van der Waals surface area (Å²) in [6.07, 6.45) is 9.93. The maximum atomic E-state index is 8.88. The van der Waals surface area contributed by atoms with Gasteiger partial charge in [0.2, 0.25) is 0 Å². The van der Waals surface area contributed by atoms with Crippen molar-refractivity contribution < 1.29 is 4.74 Å². The normalized spacial score (nSPS) is 19.4. The molecular formula is C25H31NO. The maximum absolute atomic E-state index is 8.88. The molecule has 0 radical (unpaired) electrons. The van der Waals surface area contributed by atoms with Gasteiger partial charge in [-0.1, -0.05) is 50.5 Å². The molecule has 0 saturated heterocycles. The van der Waals surface area contributed by atoms with Crippen LogP contribution in [0.2, 0.25) is 0 Å². The van der Waals surface area contributed by atoms with Crippen molar-refractivity contribution in [2.24, 2.45) is 11.8 Å². The summed E-state index contributed by atoms with van der Waals surface area (Å²) in [5.41, 5.74) is 3.50. The predicted octanol–water partition coefficient (Wildman–Crippen LogP) is 6.33. The van der Waals surface area contributed by atoms with Gasteiger partial charge < -0.3 is 4.74 Å². The number of nitriles is 1. The molecule has 0 N–H and O–H groups in total. The minimum absolute atomic E-state index is 0.700. The van der Waals surface area contributed by atoms with Crippen molar-refractivity contribution in [1.82, 2.24) is 0 Å². The van der Waals surface area contributed by atoms with Crippen molar-refractivity contribution in [3.05, 3.63) is 65.2 Å². The van der Waals surface area contributed by atoms with E-state index >= 15 is 0 Å². The number of hydrogen-bond donors (Lipinski definition) is 0. The van der Waals surface area contributed by atoms with E-state index in [1.807, 2.05) is 12.1 Å². The van der Waals surface area contributed by atoms with Gasteiger partial charge >= 0.3 is 0 Å². The third kappa shape index (κ3) is 6.14. The van der Waals surface area contributed by atoms with E-state index in [-0.39, 0.29) is 0 Å². The van der Waals surface area contributed by atoms with E-state index < -0.39 is 0 Å². The Bertz CT molecular complexity index is 718. The zero-order chi connectivity index (χ0) is 18.9. The van der Waals surface area contributed by atoms with E-state index in [1.54, 1.807) is 0 Å². The lowest BCUT2D eigenvalue weighted by atomic mass is 9.80. The molecule has 1 aliphatic carbocycles. The first-order chi connectivity index (χ1) is 13.3. The minimum atomic E-state index is 0.700. The molecule has 0 amide bonds. The lowest BCUT2D eigenvalue weighted by Gasteiger charge is -2.28. The number of benzene rings is 2. The monoisotopic (exact) mass is 361 g/mol. The number of rotatable bonds is 8. The summed E-state index contributed by atoms with van der Waals surface area (Å²) >= 11 is 0. The first kappa shape index (κ1) is 19.5. The summed E-state index contributed by atoms with van der Waals surface area (Å²) in [6, 6.07) is 18.9. The highest BCUT2D eigenvalue weighted by atomic mass is 16.5. The fraction of sp³-hybridized carbons (Fsp3) is 0.480. The van der Waals surface area contributed by atoms with Gasteiger partial charge in [0.1, 0.15) is 5.75 Å². The lowest BCUT2D eigenvalue weighted by molar-refractivity contribution is 0.179. The SMILES string of the molecule is CCCc1ccc(OCC2CCC(CCc3ccc(C#N)cc3)CC2)cc1. The average Bonchev–Trinajstić information content (AvgIpc) is 2.73. The number of aryl methyl sites for hydroxylation is 2. The summed E-state index contributed by atoms with van der Waals surface area (Å²) in [5, 5.41) is 8.88. The molecule has 3 rings (SSSR count). The second-order valence-electron chi connectivity index (χ2n) is 7.94. The van der Waals surface area contributed by atoms with Crippen LogP contribution in [0.5, 0.6) is 5.75 Å². The second kappa shape index (κ2) is 10.2. The van der Waals surface area contributed by atoms with Crippen molar-refractivity contribution in [1.29, 1.82) is 5.26 Å². The Morgan fingerprint density at radius 1 is 0.852 bits per heavy atom. The fourth-order valence-corrected chi connectivity index (χ4v) is 4.06. The molecule has 0 aliphatic heterocycles. The van der Waals surface area contributed by atoms with Crippen LogP contribution in [0.4, 0.5) is 0 Å². The molecule has 0 unspecified atom stereocenters. The van der Waals surface area contributed by atoms with Crippen LogP contribution in [0.1, 0.15) is 62.1 Å². The smallest absolute Gasteiger partial charge is 0.119 e. The highest BCUT2D eigenvalue weighted by molar-refractivity contribution is 5.31. The number of ether oxygens (including phenoxy) is 1. The van der Waals surface area contributed by atoms with Crippen LogP contribution in [-0.2, 0) is 12.8 Å². The van der Waals surface area contributed by atoms with Gasteiger partial charge in [-0.15, -0.1) is 0 Å². The molecule has 2 nitrogen and oxygen atoms in total. The third-order valence-corrected chi connectivity index (χ3v) is 5.84. The van der Waals surface area contributed by atoms with Crippen LogP contribution < -0.4 is 4.74 Å². The Morgan fingerprint density at radius 3 is 2.07 bits per heavy atom. The van der Waals surface area contributed by atoms with Gasteiger partial charge in [-0.2, -0.15) is 5.26 Å². The van der Waals surface area contributed by atoms with Crippen molar-refractivity contribution in [3.8, 4) is 11.8 Å². The molecule has 2 aromatic rings. The molecule has 0 heterocycles. The van der Waals surface area contributed by atoms with Crippen LogP contribution in [-0.4, -0.2) is 6.61 Å². The van der Waals surface area contributed by atoms with Gasteiger partial charge in [0.05, 0.1) is 18.2 Å². The van der Waals surface area contributed by atoms with Crippen LogP contribution in [0.25, 0.3) is 0 Å². The molecule has 2 heteroatoms. The van der Waals surface area contributed by atoms with E-state index in [9.17, 15) is 0 Å². The van der Waals surface area contributed by atoms with Gasteiger partial charge in [-0.05, 0) is 79.3 Å². The van der Waals surface area contributed by atoms with Crippen LogP contribution >= 0.6 is 0 Å². The van der Waals surface area contributed by atoms with E-state index in [0.29, 0.717) is 5.92 Å². The molecule has 0 aromatic heterocycles. The maximum Gasteiger partial charge on any atom is 0.119 e. The first-order valence-corrected chi connectivity index (χ1v) is 10.5. The highest BCUT2D eigenvalue weighted by Gasteiger charge is 2.21. The first-order valence-electron chi connectivity index (χ1n) is 10.5. The van der Waals surface area contributed by atoms with Crippen molar-refractivity contribution in [3.63, 3.8) is 0 Å². The van der Waals surface area contributed by atoms with E-state index in [0.717, 1.165) is 36.7 Å². The molecule has 0 atom stereocenters. The summed E-state index contributed by atoms with van der Waals surface area (Å²) in [6.45, 7) is 3.07. The Labute approximate surface area is 164 Å². The zero-order valence-corrected chi connectivity index (χ0v) is 16.5. The van der Waals surface area contributed by atoms with Crippen LogP contribution in [0, 0.1) is 23.2 Å². The molecular weight excluding hydrogens is 330 g/mol. The standard InChI is InChI=1S/C25H31NO/c1-2-3-20-14-16-25(17-15-20)27-19-24-12-8-22(9-13-24)5-4-21-6-10-23(18-26)11-7-21/h6-7,10-11,14-17,22,24H,2-5,8-9,12-13,19H2,1H3. The summed E-state index contributed by atoms with van der Waals surface area (Å²) < 4.78 is 6.04. The fourth-order valence-electron chi connectivity index (χ4n) is 4.06. The van der Waals surface area contributed by atoms with E-state index in [2.05, 4.69) is 49.4 Å². The van der Waals surface area contributed by atoms with Gasteiger partial charge in [0.15, 0.2) is 0 Å². The van der Waals surface area contributed by atoms with E-state index in [1.165, 1.54) is 49.7 Å². The zero-order valence-electron chi connectivity index (χ0n) is 16.5. The molecule has 142 valence electrons. The van der Waals surface area contributed by atoms with Gasteiger partial charge in [0.25, 0.3) is 0 Å². The van der Waals surface area contributed by atoms with Crippen molar-refractivity contribution in [2.45, 2.75) is 58.3 Å². The van der Waals surface area contributed by atoms with Crippen LogP contribution in [0.15, 0.2) is 48.5 Å². The molecule has 27 heavy (non-hydrogen) atoms. The lowest BCUT2D eigenvalue weighted by Crippen LogP contribution is -2.20. The van der Waals surface area contributed by atoms with Crippen molar-refractivity contribution in [2.75, 3.05) is 6.61 Å². The molecule has 1 saturated carbocycles. The van der Waals surface area contributed by atoms with E-state index in [4.69, 9.17) is 10.00 Å². The predicted molar refractivity (Wildman–Crippen MR) is 111 cm³/mol. The van der Waals surface area contributed by atoms with Gasteiger partial charge in [0, 0.05) is 0 Å². The molecule has 1 fully saturated rings. The summed E-state index contributed by atoms with van der Waals surface area (Å²) in [5.74, 6) is 2.55. The highest BCUT2D eigenvalue weighted by Crippen LogP contribution is 2.32. The largest absolute Gasteiger partial charge is 0.493 e. The number of nitrogens with zero attached hydrogens (tertiary/aromatic N) is 1. The Morgan fingerprint density at radius 2 is 1.44 bits per heavy atom. The third-order valence-electron chi connectivity index (χ3n) is 5.84. The second-order valence-corrected chi connectivity index (χ2v) is 7.94. The van der Waals surface area contributed by atoms with Gasteiger partial charge in [-0.25, -0.2) is 0 Å². The Hall–Kier alpha value is -2.27. The summed E-state index contributed by atoms with van der Waals surface area (Å²) in [7, 11) is 0. The molecule has 0 bridgehead atoms. The molecule has 1 aliphatic rings.